The van der Waals surface area contributed by atoms with E-state index < -0.39 is 0 Å². The van der Waals surface area contributed by atoms with Crippen molar-refractivity contribution in [2.24, 2.45) is 7.05 Å². The van der Waals surface area contributed by atoms with Crippen molar-refractivity contribution in [3.8, 4) is 0 Å². The van der Waals surface area contributed by atoms with Crippen molar-refractivity contribution >= 4 is 5.95 Å². The van der Waals surface area contributed by atoms with Crippen LogP contribution in [0.25, 0.3) is 0 Å². The highest BCUT2D eigenvalue weighted by Crippen LogP contribution is 1.98. The van der Waals surface area contributed by atoms with Crippen LogP contribution in [-0.4, -0.2) is 24.3 Å². The predicted molar refractivity (Wildman–Crippen MR) is 51.3 cm³/mol. The molecule has 0 saturated carbocycles. The van der Waals surface area contributed by atoms with Crippen LogP contribution in [0.15, 0.2) is 18.7 Å². The third-order valence-corrected chi connectivity index (χ3v) is 2.04. The summed E-state index contributed by atoms with van der Waals surface area (Å²) in [5.74, 6) is 1.34. The summed E-state index contributed by atoms with van der Waals surface area (Å²) in [6, 6.07) is 0. The minimum Gasteiger partial charge on any atom is -0.367 e. The maximum atomic E-state index is 5.39. The molecule has 0 aliphatic rings. The number of nitrogens with two attached hydrogens (primary N) is 1. The molecule has 0 spiro atoms. The molecule has 2 aromatic rings. The van der Waals surface area contributed by atoms with Gasteiger partial charge in [-0.1, -0.05) is 0 Å². The molecule has 0 bridgehead atoms. The Morgan fingerprint density at radius 2 is 2.29 bits per heavy atom. The average Bonchev–Trinajstić information content (AvgIpc) is 2.72. The van der Waals surface area contributed by atoms with E-state index in [-0.39, 0.29) is 0 Å². The lowest BCUT2D eigenvalue weighted by Gasteiger charge is -2.00. The van der Waals surface area contributed by atoms with E-state index in [4.69, 9.17) is 5.73 Å². The SMILES string of the molecule is Cn1ccnc1CCn1cnc(N)n1. The lowest BCUT2D eigenvalue weighted by Crippen LogP contribution is -2.06. The van der Waals surface area contributed by atoms with Gasteiger partial charge in [0.1, 0.15) is 12.2 Å². The summed E-state index contributed by atoms with van der Waals surface area (Å²) in [6.07, 6.45) is 6.15. The molecule has 2 N–H and O–H groups in total. The van der Waals surface area contributed by atoms with Crippen molar-refractivity contribution in [3.63, 3.8) is 0 Å². The Bertz CT molecular complexity index is 415. The topological polar surface area (TPSA) is 74.5 Å². The van der Waals surface area contributed by atoms with Gasteiger partial charge in [-0.25, -0.2) is 9.97 Å². The lowest BCUT2D eigenvalue weighted by atomic mass is 10.4. The largest absolute Gasteiger partial charge is 0.367 e. The van der Waals surface area contributed by atoms with Crippen molar-refractivity contribution in [1.29, 1.82) is 0 Å². The Morgan fingerprint density at radius 3 is 2.86 bits per heavy atom. The van der Waals surface area contributed by atoms with E-state index in [9.17, 15) is 0 Å². The number of anilines is 1. The van der Waals surface area contributed by atoms with E-state index in [0.717, 1.165) is 18.8 Å². The van der Waals surface area contributed by atoms with E-state index >= 15 is 0 Å². The van der Waals surface area contributed by atoms with Gasteiger partial charge in [-0.2, -0.15) is 0 Å². The van der Waals surface area contributed by atoms with Crippen LogP contribution in [0.3, 0.4) is 0 Å². The zero-order chi connectivity index (χ0) is 9.97. The van der Waals surface area contributed by atoms with Crippen LogP contribution < -0.4 is 5.73 Å². The van der Waals surface area contributed by atoms with Crippen molar-refractivity contribution in [2.75, 3.05) is 5.73 Å². The molecule has 74 valence electrons. The molecule has 0 radical (unpaired) electrons. The summed E-state index contributed by atoms with van der Waals surface area (Å²) < 4.78 is 3.70. The molecule has 0 aliphatic carbocycles. The molecule has 6 nitrogen and oxygen atoms in total. The van der Waals surface area contributed by atoms with Gasteiger partial charge in [0.25, 0.3) is 0 Å². The zero-order valence-electron chi connectivity index (χ0n) is 7.96. The molecule has 0 atom stereocenters. The highest BCUT2D eigenvalue weighted by atomic mass is 15.4. The van der Waals surface area contributed by atoms with Gasteiger partial charge in [-0.3, -0.25) is 4.68 Å². The minimum atomic E-state index is 0.310. The van der Waals surface area contributed by atoms with Gasteiger partial charge in [0.2, 0.25) is 5.95 Å². The highest BCUT2D eigenvalue weighted by molar-refractivity contribution is 5.09. The van der Waals surface area contributed by atoms with Crippen LogP contribution in [0.2, 0.25) is 0 Å². The molecule has 2 aromatic heterocycles. The van der Waals surface area contributed by atoms with Crippen molar-refractivity contribution in [1.82, 2.24) is 24.3 Å². The molecular weight excluding hydrogens is 180 g/mol. The molecule has 14 heavy (non-hydrogen) atoms. The van der Waals surface area contributed by atoms with Crippen molar-refractivity contribution in [3.05, 3.63) is 24.5 Å². The monoisotopic (exact) mass is 192 g/mol. The summed E-state index contributed by atoms with van der Waals surface area (Å²) in [6.45, 7) is 0.745. The first kappa shape index (κ1) is 8.74. The number of nitrogens with zero attached hydrogens (tertiary/aromatic N) is 5. The molecule has 0 aromatic carbocycles. The standard InChI is InChI=1S/C8H12N6/c1-13-5-3-10-7(13)2-4-14-6-11-8(9)12-14/h3,5-6H,2,4H2,1H3,(H2,9,12). The average molecular weight is 192 g/mol. The molecule has 2 rings (SSSR count). The maximum absolute atomic E-state index is 5.39. The maximum Gasteiger partial charge on any atom is 0.239 e. The van der Waals surface area contributed by atoms with E-state index in [1.807, 2.05) is 17.8 Å². The molecular formula is C8H12N6. The Labute approximate surface area is 81.4 Å². The van der Waals surface area contributed by atoms with Crippen LogP contribution >= 0.6 is 0 Å². The van der Waals surface area contributed by atoms with E-state index in [0.29, 0.717) is 5.95 Å². The first-order valence-corrected chi connectivity index (χ1v) is 4.37. The first-order chi connectivity index (χ1) is 6.75. The Hall–Kier alpha value is -1.85. The molecule has 0 unspecified atom stereocenters. The number of hydrogen-bond donors (Lipinski definition) is 1. The summed E-state index contributed by atoms with van der Waals surface area (Å²) in [4.78, 5) is 8.05. The van der Waals surface area contributed by atoms with Crippen LogP contribution in [0.5, 0.6) is 0 Å². The summed E-state index contributed by atoms with van der Waals surface area (Å²) in [7, 11) is 1.97. The fraction of sp³-hybridized carbons (Fsp3) is 0.375. The van der Waals surface area contributed by atoms with Crippen molar-refractivity contribution < 1.29 is 0 Å². The fourth-order valence-corrected chi connectivity index (χ4v) is 1.27. The summed E-state index contributed by atoms with van der Waals surface area (Å²) >= 11 is 0. The summed E-state index contributed by atoms with van der Waals surface area (Å²) in [5, 5.41) is 3.99. The van der Waals surface area contributed by atoms with Crippen LogP contribution in [0.4, 0.5) is 5.95 Å². The van der Waals surface area contributed by atoms with Gasteiger partial charge in [0.15, 0.2) is 0 Å². The number of hydrogen-bond acceptors (Lipinski definition) is 4. The second kappa shape index (κ2) is 3.49. The number of aryl methyl sites for hydroxylation is 3. The molecule has 0 aliphatic heterocycles. The molecule has 0 saturated heterocycles. The van der Waals surface area contributed by atoms with Crippen LogP contribution in [0.1, 0.15) is 5.82 Å². The van der Waals surface area contributed by atoms with E-state index in [2.05, 4.69) is 15.1 Å². The van der Waals surface area contributed by atoms with Gasteiger partial charge >= 0.3 is 0 Å². The van der Waals surface area contributed by atoms with E-state index in [1.54, 1.807) is 17.2 Å². The third-order valence-electron chi connectivity index (χ3n) is 2.04. The number of nitrogen functional groups attached to an aromatic ring is 1. The minimum absolute atomic E-state index is 0.310. The van der Waals surface area contributed by atoms with Crippen LogP contribution in [-0.2, 0) is 20.0 Å². The molecule has 0 fully saturated rings. The molecule has 6 heteroatoms. The number of aromatic nitrogens is 5. The van der Waals surface area contributed by atoms with E-state index in [1.165, 1.54) is 0 Å². The highest BCUT2D eigenvalue weighted by Gasteiger charge is 2.00. The third kappa shape index (κ3) is 1.73. The van der Waals surface area contributed by atoms with Crippen molar-refractivity contribution in [2.45, 2.75) is 13.0 Å². The Kier molecular flexibility index (Phi) is 2.18. The van der Waals surface area contributed by atoms with Gasteiger partial charge < -0.3 is 10.3 Å². The number of rotatable bonds is 3. The lowest BCUT2D eigenvalue weighted by molar-refractivity contribution is 0.590. The van der Waals surface area contributed by atoms with Gasteiger partial charge in [-0.15, -0.1) is 5.10 Å². The van der Waals surface area contributed by atoms with Gasteiger partial charge in [0, 0.05) is 32.4 Å². The van der Waals surface area contributed by atoms with Gasteiger partial charge in [0.05, 0.1) is 0 Å². The molecule has 0 amide bonds. The second-order valence-corrected chi connectivity index (χ2v) is 3.07. The Balaban J connectivity index is 1.98. The smallest absolute Gasteiger partial charge is 0.239 e. The fourth-order valence-electron chi connectivity index (χ4n) is 1.27. The number of imidazole rings is 1. The Morgan fingerprint density at radius 1 is 1.43 bits per heavy atom. The molecule has 2 heterocycles. The van der Waals surface area contributed by atoms with Gasteiger partial charge in [-0.05, 0) is 0 Å². The predicted octanol–water partition coefficient (Wildman–Crippen LogP) is -0.164. The van der Waals surface area contributed by atoms with Crippen LogP contribution in [0, 0.1) is 0 Å². The summed E-state index contributed by atoms with van der Waals surface area (Å²) in [5.41, 5.74) is 5.39. The first-order valence-electron chi connectivity index (χ1n) is 4.37. The quantitative estimate of drug-likeness (QED) is 0.733. The normalized spacial score (nSPS) is 10.6. The second-order valence-electron chi connectivity index (χ2n) is 3.07. The zero-order valence-corrected chi connectivity index (χ0v) is 7.96.